The highest BCUT2D eigenvalue weighted by molar-refractivity contribution is 7.23. The van der Waals surface area contributed by atoms with Gasteiger partial charge in [0.25, 0.3) is 11.5 Å². The molecule has 0 atom stereocenters. The molecule has 1 aliphatic heterocycles. The molecule has 0 spiro atoms. The van der Waals surface area contributed by atoms with Crippen molar-refractivity contribution >= 4 is 60.1 Å². The highest BCUT2D eigenvalue weighted by Crippen LogP contribution is 2.31. The average molecular weight is 484 g/mol. The maximum absolute atomic E-state index is 13.1. The number of nitrogens with zero attached hydrogens (tertiary/aromatic N) is 4. The molecule has 0 radical (unpaired) electrons. The van der Waals surface area contributed by atoms with Gasteiger partial charge in [0, 0.05) is 13.1 Å². The number of morpholine rings is 1. The molecule has 2 amide bonds. The SMILES string of the molecule is Cc1cccc2sc(NC(=O)c3sc4ncn(CC(=O)N5CCOCC5)c(=O)c4c3C)nc12. The van der Waals surface area contributed by atoms with E-state index >= 15 is 0 Å². The van der Waals surface area contributed by atoms with Crippen LogP contribution in [0.5, 0.6) is 0 Å². The third-order valence-electron chi connectivity index (χ3n) is 5.63. The first-order valence-electron chi connectivity index (χ1n) is 10.4. The van der Waals surface area contributed by atoms with Crippen LogP contribution in [0.15, 0.2) is 29.3 Å². The quantitative estimate of drug-likeness (QED) is 0.478. The van der Waals surface area contributed by atoms with Crippen molar-refractivity contribution in [2.75, 3.05) is 31.6 Å². The van der Waals surface area contributed by atoms with Crippen LogP contribution in [0.2, 0.25) is 0 Å². The molecular formula is C22H21N5O4S2. The first kappa shape index (κ1) is 21.7. The van der Waals surface area contributed by atoms with E-state index in [0.717, 1.165) is 27.1 Å². The van der Waals surface area contributed by atoms with Crippen LogP contribution in [0, 0.1) is 13.8 Å². The van der Waals surface area contributed by atoms with Crippen LogP contribution in [0.1, 0.15) is 20.8 Å². The Bertz CT molecular complexity index is 1450. The lowest BCUT2D eigenvalue weighted by Gasteiger charge is -2.26. The molecule has 9 nitrogen and oxygen atoms in total. The summed E-state index contributed by atoms with van der Waals surface area (Å²) in [6.45, 7) is 5.62. The number of aromatic nitrogens is 3. The van der Waals surface area contributed by atoms with Gasteiger partial charge in [0.15, 0.2) is 5.13 Å². The fourth-order valence-corrected chi connectivity index (χ4v) is 5.81. The summed E-state index contributed by atoms with van der Waals surface area (Å²) in [4.78, 5) is 50.1. The largest absolute Gasteiger partial charge is 0.378 e. The second-order valence-electron chi connectivity index (χ2n) is 7.80. The summed E-state index contributed by atoms with van der Waals surface area (Å²) in [6, 6.07) is 5.90. The Balaban J connectivity index is 1.42. The Morgan fingerprint density at radius 2 is 1.97 bits per heavy atom. The van der Waals surface area contributed by atoms with E-state index in [1.165, 1.54) is 22.2 Å². The number of carbonyl (C=O) groups excluding carboxylic acids is 2. The molecule has 170 valence electrons. The van der Waals surface area contributed by atoms with Gasteiger partial charge in [-0.25, -0.2) is 9.97 Å². The summed E-state index contributed by atoms with van der Waals surface area (Å²) < 4.78 is 7.57. The van der Waals surface area contributed by atoms with Crippen molar-refractivity contribution in [1.29, 1.82) is 0 Å². The maximum atomic E-state index is 13.1. The molecule has 0 bridgehead atoms. The zero-order valence-corrected chi connectivity index (χ0v) is 19.7. The molecular weight excluding hydrogens is 462 g/mol. The molecule has 1 saturated heterocycles. The minimum absolute atomic E-state index is 0.0936. The van der Waals surface area contributed by atoms with Gasteiger partial charge in [-0.05, 0) is 31.0 Å². The van der Waals surface area contributed by atoms with E-state index in [2.05, 4.69) is 15.3 Å². The minimum Gasteiger partial charge on any atom is -0.378 e. The van der Waals surface area contributed by atoms with Crippen LogP contribution in [-0.4, -0.2) is 57.6 Å². The highest BCUT2D eigenvalue weighted by Gasteiger charge is 2.22. The van der Waals surface area contributed by atoms with Gasteiger partial charge in [-0.3, -0.25) is 24.3 Å². The van der Waals surface area contributed by atoms with Gasteiger partial charge in [0.05, 0.1) is 40.0 Å². The lowest BCUT2D eigenvalue weighted by Crippen LogP contribution is -2.43. The maximum Gasteiger partial charge on any atom is 0.267 e. The van der Waals surface area contributed by atoms with Gasteiger partial charge >= 0.3 is 0 Å². The number of benzene rings is 1. The lowest BCUT2D eigenvalue weighted by molar-refractivity contribution is -0.135. The van der Waals surface area contributed by atoms with Crippen molar-refractivity contribution in [3.05, 3.63) is 50.9 Å². The molecule has 33 heavy (non-hydrogen) atoms. The number of thiophene rings is 1. The number of anilines is 1. The molecule has 0 aliphatic carbocycles. The van der Waals surface area contributed by atoms with Crippen LogP contribution in [-0.2, 0) is 16.1 Å². The molecule has 5 rings (SSSR count). The summed E-state index contributed by atoms with van der Waals surface area (Å²) in [7, 11) is 0. The summed E-state index contributed by atoms with van der Waals surface area (Å²) in [5, 5.41) is 3.72. The number of nitrogens with one attached hydrogen (secondary N) is 1. The van der Waals surface area contributed by atoms with E-state index in [1.807, 2.05) is 25.1 Å². The van der Waals surface area contributed by atoms with Crippen molar-refractivity contribution in [2.45, 2.75) is 20.4 Å². The molecule has 1 aliphatic rings. The number of para-hydroxylation sites is 1. The number of thiazole rings is 1. The summed E-state index contributed by atoms with van der Waals surface area (Å²) in [6.07, 6.45) is 1.37. The van der Waals surface area contributed by atoms with Crippen LogP contribution >= 0.6 is 22.7 Å². The predicted molar refractivity (Wildman–Crippen MR) is 128 cm³/mol. The first-order valence-corrected chi connectivity index (χ1v) is 12.1. The number of fused-ring (bicyclic) bond motifs is 2. The summed E-state index contributed by atoms with van der Waals surface area (Å²) in [5.41, 5.74) is 2.12. The van der Waals surface area contributed by atoms with E-state index in [1.54, 1.807) is 11.8 Å². The van der Waals surface area contributed by atoms with Gasteiger partial charge in [-0.15, -0.1) is 11.3 Å². The van der Waals surface area contributed by atoms with Crippen molar-refractivity contribution in [2.24, 2.45) is 0 Å². The Morgan fingerprint density at radius 1 is 1.18 bits per heavy atom. The van der Waals surface area contributed by atoms with Crippen LogP contribution < -0.4 is 10.9 Å². The molecule has 3 aromatic heterocycles. The van der Waals surface area contributed by atoms with E-state index < -0.39 is 0 Å². The van der Waals surface area contributed by atoms with E-state index in [9.17, 15) is 14.4 Å². The van der Waals surface area contributed by atoms with Gasteiger partial charge in [0.2, 0.25) is 5.91 Å². The average Bonchev–Trinajstić information content (AvgIpc) is 3.38. The second-order valence-corrected chi connectivity index (χ2v) is 9.83. The van der Waals surface area contributed by atoms with E-state index in [-0.39, 0.29) is 23.9 Å². The van der Waals surface area contributed by atoms with Crippen LogP contribution in [0.4, 0.5) is 5.13 Å². The van der Waals surface area contributed by atoms with E-state index in [0.29, 0.717) is 52.1 Å². The van der Waals surface area contributed by atoms with Gasteiger partial charge in [-0.2, -0.15) is 0 Å². The minimum atomic E-state index is -0.331. The molecule has 1 aromatic carbocycles. The van der Waals surface area contributed by atoms with E-state index in [4.69, 9.17) is 4.74 Å². The molecule has 4 heterocycles. The Kier molecular flexibility index (Phi) is 5.69. The molecule has 0 unspecified atom stereocenters. The summed E-state index contributed by atoms with van der Waals surface area (Å²) >= 11 is 2.56. The Hall–Kier alpha value is -3.15. The number of rotatable bonds is 4. The Labute approximate surface area is 196 Å². The van der Waals surface area contributed by atoms with Gasteiger partial charge in [-0.1, -0.05) is 23.5 Å². The third-order valence-corrected chi connectivity index (χ3v) is 7.77. The lowest BCUT2D eigenvalue weighted by atomic mass is 10.2. The second kappa shape index (κ2) is 8.65. The fourth-order valence-electron chi connectivity index (χ4n) is 3.84. The molecule has 11 heteroatoms. The van der Waals surface area contributed by atoms with Crippen LogP contribution in [0.25, 0.3) is 20.4 Å². The normalized spacial score (nSPS) is 14.2. The standard InChI is InChI=1S/C22H21N5O4S2/c1-12-4-3-5-14-17(12)24-22(32-14)25-19(29)18-13(2)16-20(33-18)23-11-27(21(16)30)10-15(28)26-6-8-31-9-7-26/h3-5,11H,6-10H2,1-2H3,(H,24,25,29). The molecule has 4 aromatic rings. The van der Waals surface area contributed by atoms with Crippen molar-refractivity contribution < 1.29 is 14.3 Å². The van der Waals surface area contributed by atoms with Crippen molar-refractivity contribution in [3.8, 4) is 0 Å². The molecule has 0 saturated carbocycles. The number of ether oxygens (including phenoxy) is 1. The number of aryl methyl sites for hydroxylation is 2. The van der Waals surface area contributed by atoms with Crippen molar-refractivity contribution in [1.82, 2.24) is 19.4 Å². The number of hydrogen-bond acceptors (Lipinski definition) is 8. The zero-order valence-electron chi connectivity index (χ0n) is 18.1. The topological polar surface area (TPSA) is 106 Å². The predicted octanol–water partition coefficient (Wildman–Crippen LogP) is 2.80. The number of amides is 2. The third kappa shape index (κ3) is 4.03. The van der Waals surface area contributed by atoms with Gasteiger partial charge < -0.3 is 9.64 Å². The van der Waals surface area contributed by atoms with Crippen molar-refractivity contribution in [3.63, 3.8) is 0 Å². The van der Waals surface area contributed by atoms with Crippen LogP contribution in [0.3, 0.4) is 0 Å². The molecule has 1 N–H and O–H groups in total. The fraction of sp³-hybridized carbons (Fsp3) is 0.318. The number of carbonyl (C=O) groups is 2. The summed E-state index contributed by atoms with van der Waals surface area (Å²) in [5.74, 6) is -0.485. The molecule has 1 fully saturated rings. The zero-order chi connectivity index (χ0) is 23.1. The first-order chi connectivity index (χ1) is 15.9. The Morgan fingerprint density at radius 3 is 2.73 bits per heavy atom. The number of hydrogen-bond donors (Lipinski definition) is 1. The highest BCUT2D eigenvalue weighted by atomic mass is 32.1. The monoisotopic (exact) mass is 483 g/mol. The van der Waals surface area contributed by atoms with Gasteiger partial charge in [0.1, 0.15) is 11.4 Å². The smallest absolute Gasteiger partial charge is 0.267 e.